The van der Waals surface area contributed by atoms with Crippen molar-refractivity contribution >= 4 is 56.3 Å². The maximum Gasteiger partial charge on any atom is 0.305 e. The average molecular weight is 599 g/mol. The minimum Gasteiger partial charge on any atom is -0.481 e. The lowest BCUT2D eigenvalue weighted by Crippen LogP contribution is -2.30. The largest absolute Gasteiger partial charge is 0.481 e. The number of carboxylic acids is 1. The fourth-order valence-corrected chi connectivity index (χ4v) is 6.60. The zero-order valence-corrected chi connectivity index (χ0v) is 24.5. The predicted octanol–water partition coefficient (Wildman–Crippen LogP) is 5.66. The molecular weight excluding hydrogens is 562 g/mol. The molecule has 1 heterocycles. The summed E-state index contributed by atoms with van der Waals surface area (Å²) in [4.78, 5) is 22.4. The van der Waals surface area contributed by atoms with Gasteiger partial charge in [-0.15, -0.1) is 4.33 Å². The van der Waals surface area contributed by atoms with Crippen LogP contribution in [0.4, 0.5) is 5.69 Å². The van der Waals surface area contributed by atoms with E-state index in [-0.39, 0.29) is 17.3 Å². The van der Waals surface area contributed by atoms with Crippen LogP contribution >= 0.6 is 12.0 Å². The molecule has 0 radical (unpaired) electrons. The van der Waals surface area contributed by atoms with Crippen LogP contribution in [0, 0.1) is 0 Å². The molecular formula is C27H36NO10S2+. The van der Waals surface area contributed by atoms with Crippen molar-refractivity contribution in [2.45, 2.75) is 86.8 Å². The fourth-order valence-electron chi connectivity index (χ4n) is 5.44. The number of hydrogen-bond donors (Lipinski definition) is 3. The minimum absolute atomic E-state index is 0.117. The number of unbranched alkanes of at least 4 members (excludes halogenated alkanes) is 4. The van der Waals surface area contributed by atoms with E-state index in [1.54, 1.807) is 0 Å². The topological polar surface area (TPSA) is 160 Å². The molecule has 1 aliphatic heterocycles. The maximum absolute atomic E-state index is 12.2. The first kappa shape index (κ1) is 32.0. The molecule has 1 unspecified atom stereocenters. The Hall–Kier alpha value is -2.55. The molecule has 1 aliphatic rings. The van der Waals surface area contributed by atoms with Crippen LogP contribution < -0.4 is 0 Å². The van der Waals surface area contributed by atoms with Gasteiger partial charge >= 0.3 is 11.9 Å². The lowest BCUT2D eigenvalue weighted by molar-refractivity contribution is -0.439. The first-order valence-corrected chi connectivity index (χ1v) is 15.3. The second kappa shape index (κ2) is 13.9. The van der Waals surface area contributed by atoms with Gasteiger partial charge in [-0.1, -0.05) is 17.9 Å². The molecule has 3 rings (SSSR count). The maximum atomic E-state index is 12.2. The van der Waals surface area contributed by atoms with Crippen molar-refractivity contribution in [3.63, 3.8) is 0 Å². The second-order valence-electron chi connectivity index (χ2n) is 10.1. The number of esters is 1. The molecule has 40 heavy (non-hydrogen) atoms. The second-order valence-corrected chi connectivity index (χ2v) is 12.3. The Morgan fingerprint density at radius 2 is 1.73 bits per heavy atom. The first-order chi connectivity index (χ1) is 18.9. The summed E-state index contributed by atoms with van der Waals surface area (Å²) in [6.07, 6.45) is 5.55. The number of aliphatic carboxylic acids is 1. The van der Waals surface area contributed by atoms with Gasteiger partial charge in [0, 0.05) is 42.7 Å². The van der Waals surface area contributed by atoms with Crippen molar-refractivity contribution in [3.05, 3.63) is 29.8 Å². The van der Waals surface area contributed by atoms with Crippen LogP contribution in [0.3, 0.4) is 0 Å². The van der Waals surface area contributed by atoms with Gasteiger partial charge in [-0.25, -0.2) is 5.26 Å². The third-order valence-electron chi connectivity index (χ3n) is 7.60. The molecule has 13 heteroatoms. The van der Waals surface area contributed by atoms with E-state index in [1.807, 2.05) is 19.1 Å². The molecule has 3 N–H and O–H groups in total. The van der Waals surface area contributed by atoms with Crippen molar-refractivity contribution < 1.29 is 51.6 Å². The van der Waals surface area contributed by atoms with Crippen LogP contribution in [0.5, 0.6) is 0 Å². The highest BCUT2D eigenvalue weighted by atomic mass is 32.2. The summed E-state index contributed by atoms with van der Waals surface area (Å²) in [6.45, 7) is 4.80. The highest BCUT2D eigenvalue weighted by molar-refractivity contribution is 7.94. The zero-order chi connectivity index (χ0) is 29.5. The van der Waals surface area contributed by atoms with Crippen LogP contribution in [0.1, 0.15) is 77.2 Å². The van der Waals surface area contributed by atoms with E-state index in [1.165, 1.54) is 19.2 Å². The molecule has 2 aromatic carbocycles. The van der Waals surface area contributed by atoms with Gasteiger partial charge in [0.15, 0.2) is 5.71 Å². The molecule has 220 valence electrons. The van der Waals surface area contributed by atoms with Crippen LogP contribution in [-0.2, 0) is 39.2 Å². The Morgan fingerprint density at radius 1 is 1.02 bits per heavy atom. The fraction of sp³-hybridized carbons (Fsp3) is 0.519. The third kappa shape index (κ3) is 7.39. The van der Waals surface area contributed by atoms with Gasteiger partial charge in [-0.05, 0) is 61.6 Å². The quantitative estimate of drug-likeness (QED) is 0.0416. The SMILES string of the molecule is COC(=O)CCCCCC1(C)C(C)=[N+](CCCCCC(=O)O)c2ccc3c(SOOO)cc(S(=O)(=O)O)cc3c21. The summed E-state index contributed by atoms with van der Waals surface area (Å²) in [6, 6.07) is 6.49. The third-order valence-corrected chi connectivity index (χ3v) is 9.08. The zero-order valence-electron chi connectivity index (χ0n) is 22.8. The van der Waals surface area contributed by atoms with Gasteiger partial charge in [0.25, 0.3) is 10.1 Å². The Bertz CT molecular complexity index is 1390. The van der Waals surface area contributed by atoms with Crippen LogP contribution in [0.25, 0.3) is 10.8 Å². The van der Waals surface area contributed by atoms with E-state index >= 15 is 0 Å². The van der Waals surface area contributed by atoms with Crippen molar-refractivity contribution in [2.24, 2.45) is 0 Å². The Balaban J connectivity index is 2.07. The monoisotopic (exact) mass is 598 g/mol. The number of fused-ring (bicyclic) bond motifs is 3. The number of rotatable bonds is 16. The number of benzene rings is 2. The van der Waals surface area contributed by atoms with Crippen molar-refractivity contribution in [2.75, 3.05) is 13.7 Å². The van der Waals surface area contributed by atoms with Gasteiger partial charge in [0.05, 0.1) is 29.5 Å². The van der Waals surface area contributed by atoms with Crippen LogP contribution in [0.15, 0.2) is 34.1 Å². The standard InChI is InChI=1S/C27H35NO10S2/c1-18-27(2,14-8-4-7-11-25(31)36-3)26-21-16-19(40(33,34)35)17-23(39-38-37-32)20(21)12-13-22(26)28(18)15-9-5-6-10-24(29)30/h12-13,16-17H,4-11,14-15H2,1-3H3,(H2-,29,30,32,33,34,35)/p+1. The van der Waals surface area contributed by atoms with Gasteiger partial charge in [0.2, 0.25) is 5.69 Å². The van der Waals surface area contributed by atoms with Gasteiger partial charge < -0.3 is 9.84 Å². The smallest absolute Gasteiger partial charge is 0.305 e. The molecule has 0 spiro atoms. The molecule has 11 nitrogen and oxygen atoms in total. The van der Waals surface area contributed by atoms with Gasteiger partial charge in [-0.3, -0.25) is 14.1 Å². The van der Waals surface area contributed by atoms with Crippen molar-refractivity contribution in [1.29, 1.82) is 0 Å². The number of nitrogens with zero attached hydrogens (tertiary/aromatic N) is 1. The van der Waals surface area contributed by atoms with E-state index in [0.29, 0.717) is 53.5 Å². The molecule has 0 bridgehead atoms. The molecule has 0 amide bonds. The minimum atomic E-state index is -4.57. The summed E-state index contributed by atoms with van der Waals surface area (Å²) < 4.78 is 45.8. The lowest BCUT2D eigenvalue weighted by Gasteiger charge is -2.24. The van der Waals surface area contributed by atoms with Crippen molar-refractivity contribution in [1.82, 2.24) is 0 Å². The summed E-state index contributed by atoms with van der Waals surface area (Å²) in [7, 11) is -3.21. The van der Waals surface area contributed by atoms with E-state index in [4.69, 9.17) is 15.1 Å². The number of carboxylic acid groups (broad SMARTS) is 1. The molecule has 0 saturated carbocycles. The molecule has 0 fully saturated rings. The number of carbonyl (C=O) groups excluding carboxylic acids is 1. The number of hydrogen-bond acceptors (Lipinski definition) is 9. The number of methoxy groups -OCH3 is 1. The molecule has 1 atom stereocenters. The molecule has 2 aromatic rings. The first-order valence-electron chi connectivity index (χ1n) is 13.1. The van der Waals surface area contributed by atoms with E-state index in [2.05, 4.69) is 20.9 Å². The highest BCUT2D eigenvalue weighted by Crippen LogP contribution is 2.48. The van der Waals surface area contributed by atoms with Crippen LogP contribution in [0.2, 0.25) is 0 Å². The van der Waals surface area contributed by atoms with Crippen LogP contribution in [-0.4, -0.2) is 59.2 Å². The lowest BCUT2D eigenvalue weighted by atomic mass is 9.74. The van der Waals surface area contributed by atoms with Gasteiger partial charge in [0.1, 0.15) is 6.54 Å². The predicted molar refractivity (Wildman–Crippen MR) is 148 cm³/mol. The number of ether oxygens (including phenoxy) is 1. The Kier molecular flexibility index (Phi) is 11.1. The van der Waals surface area contributed by atoms with E-state index < -0.39 is 21.5 Å². The normalized spacial score (nSPS) is 16.9. The average Bonchev–Trinajstić information content (AvgIpc) is 3.12. The Labute approximate surface area is 237 Å². The van der Waals surface area contributed by atoms with Gasteiger partial charge in [-0.2, -0.15) is 13.0 Å². The van der Waals surface area contributed by atoms with E-state index in [9.17, 15) is 22.6 Å². The highest BCUT2D eigenvalue weighted by Gasteiger charge is 2.47. The summed E-state index contributed by atoms with van der Waals surface area (Å²) in [5.41, 5.74) is 2.37. The molecule has 0 saturated heterocycles. The summed E-state index contributed by atoms with van der Waals surface area (Å²) >= 11 is 0.618. The van der Waals surface area contributed by atoms with E-state index in [0.717, 1.165) is 49.1 Å². The molecule has 0 aromatic heterocycles. The number of carbonyl (C=O) groups is 2. The molecule has 0 aliphatic carbocycles. The van der Waals surface area contributed by atoms with Crippen molar-refractivity contribution in [3.8, 4) is 0 Å². The summed E-state index contributed by atoms with van der Waals surface area (Å²) in [5, 5.41) is 22.7. The Morgan fingerprint density at radius 3 is 2.38 bits per heavy atom. The summed E-state index contributed by atoms with van der Waals surface area (Å²) in [5.74, 6) is -1.07.